The van der Waals surface area contributed by atoms with Gasteiger partial charge in [-0.15, -0.1) is 0 Å². The van der Waals surface area contributed by atoms with Crippen LogP contribution in [0.15, 0.2) is 71.8 Å². The number of rotatable bonds is 11. The maximum atomic E-state index is 15.8. The minimum absolute atomic E-state index is 0.0216. The van der Waals surface area contributed by atoms with E-state index in [4.69, 9.17) is 4.84 Å². The van der Waals surface area contributed by atoms with Crippen LogP contribution in [0.5, 0.6) is 0 Å². The Bertz CT molecular complexity index is 2050. The first-order chi connectivity index (χ1) is 24.9. The van der Waals surface area contributed by atoms with Gasteiger partial charge < -0.3 is 4.90 Å². The predicted octanol–water partition coefficient (Wildman–Crippen LogP) is 6.82. The lowest BCUT2D eigenvalue weighted by Gasteiger charge is -2.41. The Hall–Kier alpha value is -4.80. The van der Waals surface area contributed by atoms with Gasteiger partial charge in [-0.2, -0.15) is 4.31 Å². The topological polar surface area (TPSA) is 109 Å². The van der Waals surface area contributed by atoms with E-state index in [1.807, 2.05) is 6.07 Å². The number of amides is 2. The molecule has 9 nitrogen and oxygen atoms in total. The molecule has 4 aromatic rings. The van der Waals surface area contributed by atoms with Crippen LogP contribution in [0.2, 0.25) is 0 Å². The summed E-state index contributed by atoms with van der Waals surface area (Å²) in [6, 6.07) is 13.8. The van der Waals surface area contributed by atoms with E-state index in [0.717, 1.165) is 60.3 Å². The van der Waals surface area contributed by atoms with Crippen molar-refractivity contribution in [2.45, 2.75) is 68.5 Å². The lowest BCUT2D eigenvalue weighted by Crippen LogP contribution is -2.59. The minimum atomic E-state index is -5.47. The fourth-order valence-corrected chi connectivity index (χ4v) is 8.09. The van der Waals surface area contributed by atoms with Crippen molar-refractivity contribution in [2.75, 3.05) is 11.4 Å². The Morgan fingerprint density at radius 3 is 2.12 bits per heavy atom. The lowest BCUT2D eigenvalue weighted by atomic mass is 9.85. The monoisotopic (exact) mass is 746 g/mol. The number of halogens is 6. The second-order valence-electron chi connectivity index (χ2n) is 12.5. The summed E-state index contributed by atoms with van der Waals surface area (Å²) in [7, 11) is -5.47. The first kappa shape index (κ1) is 37.0. The van der Waals surface area contributed by atoms with E-state index >= 15 is 4.39 Å². The highest BCUT2D eigenvalue weighted by Crippen LogP contribution is 2.36. The first-order valence-electron chi connectivity index (χ1n) is 16.4. The van der Waals surface area contributed by atoms with Crippen molar-refractivity contribution in [3.63, 3.8) is 0 Å². The van der Waals surface area contributed by atoms with Gasteiger partial charge in [-0.1, -0.05) is 55.7 Å². The molecular formula is C36H32F6N4O5S. The molecule has 3 aromatic carbocycles. The molecule has 274 valence electrons. The van der Waals surface area contributed by atoms with E-state index in [0.29, 0.717) is 10.2 Å². The molecule has 2 heterocycles. The van der Waals surface area contributed by atoms with Crippen LogP contribution in [-0.4, -0.2) is 42.1 Å². The smallest absolute Gasteiger partial charge is 0.274 e. The van der Waals surface area contributed by atoms with Gasteiger partial charge in [0, 0.05) is 18.3 Å². The van der Waals surface area contributed by atoms with E-state index in [-0.39, 0.29) is 24.3 Å². The van der Waals surface area contributed by atoms with Gasteiger partial charge in [0.1, 0.15) is 11.9 Å². The standard InChI is InChI=1S/C36H32F6N4O5S/c37-26-17-23(35(47)44-51-20-21-7-3-1-4-8-21)12-14-27(26)45(19-25-13-11-24(18-43-25)22-9-5-2-6-10-22)36(48)28-15-16-46(28)52(49,50)34-32(41)30(39)29(38)31(40)33(34)42/h1,3-4,7-8,11-14,17-18,22,28H,2,5-6,9-10,15-16,19-20H2,(H,44,47)/t28-/m1/s1. The summed E-state index contributed by atoms with van der Waals surface area (Å²) in [5, 5.41) is 0. The van der Waals surface area contributed by atoms with Crippen molar-refractivity contribution in [2.24, 2.45) is 0 Å². The third-order valence-corrected chi connectivity index (χ3v) is 11.2. The Kier molecular flexibility index (Phi) is 11.0. The van der Waals surface area contributed by atoms with E-state index in [1.54, 1.807) is 42.6 Å². The van der Waals surface area contributed by atoms with Crippen LogP contribution in [0.1, 0.15) is 71.6 Å². The number of benzene rings is 3. The van der Waals surface area contributed by atoms with Crippen molar-refractivity contribution in [1.29, 1.82) is 0 Å². The van der Waals surface area contributed by atoms with Gasteiger partial charge in [0.25, 0.3) is 5.91 Å². The molecule has 0 radical (unpaired) electrons. The number of sulfonamides is 1. The van der Waals surface area contributed by atoms with Gasteiger partial charge in [0.15, 0.2) is 28.2 Å². The molecule has 2 aliphatic rings. The maximum Gasteiger partial charge on any atom is 0.274 e. The van der Waals surface area contributed by atoms with Gasteiger partial charge in [0.05, 0.1) is 24.5 Å². The average molecular weight is 747 g/mol. The number of hydrogen-bond acceptors (Lipinski definition) is 6. The van der Waals surface area contributed by atoms with Crippen molar-refractivity contribution >= 4 is 27.5 Å². The highest BCUT2D eigenvalue weighted by Gasteiger charge is 2.48. The summed E-state index contributed by atoms with van der Waals surface area (Å²) in [6.07, 6.45) is 6.70. The van der Waals surface area contributed by atoms with Gasteiger partial charge in [-0.25, -0.2) is 40.2 Å². The molecule has 0 unspecified atom stereocenters. The highest BCUT2D eigenvalue weighted by molar-refractivity contribution is 7.89. The molecule has 1 saturated heterocycles. The Balaban J connectivity index is 1.28. The summed E-state index contributed by atoms with van der Waals surface area (Å²) >= 11 is 0. The second-order valence-corrected chi connectivity index (χ2v) is 14.4. The number of anilines is 1. The van der Waals surface area contributed by atoms with E-state index < -0.39 is 86.5 Å². The van der Waals surface area contributed by atoms with E-state index in [1.165, 1.54) is 6.07 Å². The molecule has 2 fully saturated rings. The summed E-state index contributed by atoms with van der Waals surface area (Å²) < 4.78 is 114. The average Bonchev–Trinajstić information content (AvgIpc) is 3.12. The molecule has 1 atom stereocenters. The third-order valence-electron chi connectivity index (χ3n) is 9.25. The summed E-state index contributed by atoms with van der Waals surface area (Å²) in [5.41, 5.74) is 3.64. The minimum Gasteiger partial charge on any atom is -0.302 e. The molecule has 6 rings (SSSR count). The molecule has 1 aliphatic heterocycles. The molecule has 2 amide bonds. The van der Waals surface area contributed by atoms with Gasteiger partial charge >= 0.3 is 0 Å². The fourth-order valence-electron chi connectivity index (χ4n) is 6.34. The normalized spacial score (nSPS) is 16.7. The summed E-state index contributed by atoms with van der Waals surface area (Å²) in [4.78, 5) is 35.2. The van der Waals surface area contributed by atoms with Gasteiger partial charge in [0.2, 0.25) is 21.7 Å². The zero-order chi connectivity index (χ0) is 37.2. The molecule has 1 N–H and O–H groups in total. The van der Waals surface area contributed by atoms with Crippen molar-refractivity contribution in [1.82, 2.24) is 14.8 Å². The Morgan fingerprint density at radius 1 is 0.846 bits per heavy atom. The predicted molar refractivity (Wildman–Crippen MR) is 175 cm³/mol. The quantitative estimate of drug-likeness (QED) is 0.0782. The van der Waals surface area contributed by atoms with Crippen LogP contribution >= 0.6 is 0 Å². The van der Waals surface area contributed by atoms with Gasteiger partial charge in [-0.05, 0) is 60.6 Å². The van der Waals surface area contributed by atoms with Crippen LogP contribution < -0.4 is 10.4 Å². The molecule has 52 heavy (non-hydrogen) atoms. The molecule has 1 aromatic heterocycles. The Morgan fingerprint density at radius 2 is 1.52 bits per heavy atom. The number of nitrogens with zero attached hydrogens (tertiary/aromatic N) is 3. The number of aromatic nitrogens is 1. The number of carbonyl (C=O) groups excluding carboxylic acids is 2. The lowest BCUT2D eigenvalue weighted by molar-refractivity contribution is -0.125. The van der Waals surface area contributed by atoms with E-state index in [9.17, 15) is 40.0 Å². The molecular weight excluding hydrogens is 714 g/mol. The van der Waals surface area contributed by atoms with Crippen molar-refractivity contribution in [3.05, 3.63) is 124 Å². The van der Waals surface area contributed by atoms with Crippen LogP contribution in [0.3, 0.4) is 0 Å². The summed E-state index contributed by atoms with van der Waals surface area (Å²) in [5.74, 6) is -15.3. The molecule has 0 spiro atoms. The van der Waals surface area contributed by atoms with Crippen molar-refractivity contribution in [3.8, 4) is 0 Å². The largest absolute Gasteiger partial charge is 0.302 e. The number of nitrogens with one attached hydrogen (secondary N) is 1. The fraction of sp³-hybridized carbons (Fsp3) is 0.306. The van der Waals surface area contributed by atoms with Gasteiger partial charge in [-0.3, -0.25) is 19.4 Å². The molecule has 1 saturated carbocycles. The number of hydrogen-bond donors (Lipinski definition) is 1. The SMILES string of the molecule is O=C(NOCc1ccccc1)c1ccc(N(Cc2ccc(C3CCCCC3)cn2)C(=O)[C@H]2CCN2S(=O)(=O)c2c(F)c(F)c(F)c(F)c2F)c(F)c1. The molecule has 0 bridgehead atoms. The number of pyridine rings is 1. The number of carbonyl (C=O) groups is 2. The molecule has 1 aliphatic carbocycles. The Labute approximate surface area is 295 Å². The highest BCUT2D eigenvalue weighted by atomic mass is 32.2. The van der Waals surface area contributed by atoms with Crippen LogP contribution in [0, 0.1) is 34.9 Å². The molecule has 16 heteroatoms. The van der Waals surface area contributed by atoms with E-state index in [2.05, 4.69) is 10.5 Å². The van der Waals surface area contributed by atoms with Crippen LogP contribution in [0.25, 0.3) is 0 Å². The third kappa shape index (κ3) is 7.41. The zero-order valence-electron chi connectivity index (χ0n) is 27.4. The zero-order valence-corrected chi connectivity index (χ0v) is 28.2. The maximum absolute atomic E-state index is 15.8. The first-order valence-corrected chi connectivity index (χ1v) is 17.9. The van der Waals surface area contributed by atoms with Crippen LogP contribution in [0.4, 0.5) is 32.0 Å². The van der Waals surface area contributed by atoms with Crippen molar-refractivity contribution < 1.29 is 49.2 Å². The number of hydroxylamine groups is 1. The summed E-state index contributed by atoms with van der Waals surface area (Å²) in [6.45, 7) is -0.891. The second kappa shape index (κ2) is 15.4. The van der Waals surface area contributed by atoms with Crippen LogP contribution in [-0.2, 0) is 32.8 Å².